The van der Waals surface area contributed by atoms with Gasteiger partial charge in [0.15, 0.2) is 6.10 Å². The lowest BCUT2D eigenvalue weighted by molar-refractivity contribution is 0.0733. The highest BCUT2D eigenvalue weighted by atomic mass is 16.7. The zero-order valence-corrected chi connectivity index (χ0v) is 13.8. The molecule has 0 unspecified atom stereocenters. The third-order valence-corrected chi connectivity index (χ3v) is 3.68. The number of carbonyl (C=O) groups excluding carboxylic acids is 1. The topological polar surface area (TPSA) is 44.8 Å². The Bertz CT molecular complexity index is 798. The van der Waals surface area contributed by atoms with E-state index < -0.39 is 12.3 Å². The minimum absolute atomic E-state index is 0.439. The third-order valence-electron chi connectivity index (χ3n) is 3.68. The molecule has 126 valence electrons. The number of hydrogen-bond acceptors (Lipinski definition) is 4. The van der Waals surface area contributed by atoms with Gasteiger partial charge in [0.2, 0.25) is 0 Å². The van der Waals surface area contributed by atoms with Crippen molar-refractivity contribution < 1.29 is 19.0 Å². The molecule has 0 radical (unpaired) electrons. The molecule has 1 atom stereocenters. The Labute approximate surface area is 146 Å². The van der Waals surface area contributed by atoms with Crippen LogP contribution in [0.15, 0.2) is 84.9 Å². The Hall–Kier alpha value is -3.27. The van der Waals surface area contributed by atoms with Crippen LogP contribution in [-0.2, 0) is 4.74 Å². The monoisotopic (exact) mass is 334 g/mol. The Morgan fingerprint density at radius 3 is 1.88 bits per heavy atom. The normalized spacial score (nSPS) is 11.4. The Balaban J connectivity index is 1.82. The fourth-order valence-corrected chi connectivity index (χ4v) is 2.44. The van der Waals surface area contributed by atoms with Crippen LogP contribution in [0, 0.1) is 0 Å². The molecular weight excluding hydrogens is 316 g/mol. The molecule has 0 fully saturated rings. The molecule has 3 aromatic carbocycles. The molecule has 0 aliphatic carbocycles. The average Bonchev–Trinajstić information content (AvgIpc) is 2.68. The number of ether oxygens (including phenoxy) is 3. The molecular formula is C21H18O4. The van der Waals surface area contributed by atoms with Gasteiger partial charge in [-0.2, -0.15) is 0 Å². The molecule has 0 saturated heterocycles. The molecule has 0 aliphatic heterocycles. The number of carbonyl (C=O) groups is 1. The van der Waals surface area contributed by atoms with Crippen LogP contribution in [0.1, 0.15) is 17.2 Å². The van der Waals surface area contributed by atoms with Gasteiger partial charge in [-0.25, -0.2) is 4.79 Å². The van der Waals surface area contributed by atoms with Gasteiger partial charge in [-0.3, -0.25) is 0 Å². The summed E-state index contributed by atoms with van der Waals surface area (Å²) in [5.74, 6) is 1.18. The fourth-order valence-electron chi connectivity index (χ4n) is 2.44. The lowest BCUT2D eigenvalue weighted by atomic mass is 10.0. The van der Waals surface area contributed by atoms with Crippen molar-refractivity contribution in [3.05, 3.63) is 96.1 Å². The second kappa shape index (κ2) is 8.02. The van der Waals surface area contributed by atoms with Crippen molar-refractivity contribution in [1.82, 2.24) is 0 Å². The van der Waals surface area contributed by atoms with Gasteiger partial charge in [-0.1, -0.05) is 60.7 Å². The van der Waals surface area contributed by atoms with Crippen LogP contribution >= 0.6 is 0 Å². The average molecular weight is 334 g/mol. The van der Waals surface area contributed by atoms with Crippen molar-refractivity contribution in [3.63, 3.8) is 0 Å². The summed E-state index contributed by atoms with van der Waals surface area (Å²) in [5, 5.41) is 0. The van der Waals surface area contributed by atoms with Gasteiger partial charge < -0.3 is 14.2 Å². The van der Waals surface area contributed by atoms with E-state index in [-0.39, 0.29) is 0 Å². The van der Waals surface area contributed by atoms with Crippen LogP contribution in [0.4, 0.5) is 4.79 Å². The van der Waals surface area contributed by atoms with Crippen LogP contribution in [0.3, 0.4) is 0 Å². The van der Waals surface area contributed by atoms with E-state index in [1.165, 1.54) is 0 Å². The number of rotatable bonds is 5. The van der Waals surface area contributed by atoms with Crippen molar-refractivity contribution in [2.75, 3.05) is 7.11 Å². The molecule has 0 aliphatic rings. The van der Waals surface area contributed by atoms with E-state index in [2.05, 4.69) is 0 Å². The van der Waals surface area contributed by atoms with E-state index in [0.29, 0.717) is 5.75 Å². The van der Waals surface area contributed by atoms with Crippen molar-refractivity contribution in [3.8, 4) is 11.5 Å². The van der Waals surface area contributed by atoms with Crippen molar-refractivity contribution in [1.29, 1.82) is 0 Å². The summed E-state index contributed by atoms with van der Waals surface area (Å²) in [5.41, 5.74) is 1.69. The molecule has 25 heavy (non-hydrogen) atoms. The number of hydrogen-bond donors (Lipinski definition) is 0. The second-order valence-corrected chi connectivity index (χ2v) is 5.35. The van der Waals surface area contributed by atoms with Gasteiger partial charge in [0, 0.05) is 0 Å². The molecule has 0 heterocycles. The smallest absolute Gasteiger partial charge is 0.497 e. The van der Waals surface area contributed by atoms with Gasteiger partial charge in [0.05, 0.1) is 7.11 Å². The Morgan fingerprint density at radius 1 is 0.720 bits per heavy atom. The quantitative estimate of drug-likeness (QED) is 0.486. The molecule has 0 amide bonds. The highest BCUT2D eigenvalue weighted by Gasteiger charge is 2.20. The SMILES string of the molecule is COc1ccc([C@@H](OC(=O)Oc2ccccc2)c2ccccc2)cc1. The Kier molecular flexibility index (Phi) is 5.32. The van der Waals surface area contributed by atoms with Crippen LogP contribution in [0.25, 0.3) is 0 Å². The highest BCUT2D eigenvalue weighted by Crippen LogP contribution is 2.28. The van der Waals surface area contributed by atoms with E-state index in [1.54, 1.807) is 31.4 Å². The van der Waals surface area contributed by atoms with Gasteiger partial charge in [0.1, 0.15) is 11.5 Å². The molecule has 0 aromatic heterocycles. The first-order chi connectivity index (χ1) is 12.3. The lowest BCUT2D eigenvalue weighted by Gasteiger charge is -2.18. The molecule has 0 spiro atoms. The first-order valence-corrected chi connectivity index (χ1v) is 7.88. The number of benzene rings is 3. The largest absolute Gasteiger partial charge is 0.514 e. The van der Waals surface area contributed by atoms with E-state index in [1.807, 2.05) is 60.7 Å². The van der Waals surface area contributed by atoms with Crippen LogP contribution in [0.2, 0.25) is 0 Å². The summed E-state index contributed by atoms with van der Waals surface area (Å²) in [7, 11) is 1.61. The molecule has 0 bridgehead atoms. The van der Waals surface area contributed by atoms with E-state index in [4.69, 9.17) is 14.2 Å². The highest BCUT2D eigenvalue weighted by molar-refractivity contribution is 5.64. The summed E-state index contributed by atoms with van der Waals surface area (Å²) < 4.78 is 16.0. The van der Waals surface area contributed by atoms with E-state index in [0.717, 1.165) is 16.9 Å². The summed E-state index contributed by atoms with van der Waals surface area (Å²) in [4.78, 5) is 12.2. The van der Waals surface area contributed by atoms with E-state index >= 15 is 0 Å². The summed E-state index contributed by atoms with van der Waals surface area (Å²) in [6, 6.07) is 25.8. The zero-order chi connectivity index (χ0) is 17.5. The zero-order valence-electron chi connectivity index (χ0n) is 13.8. The predicted octanol–water partition coefficient (Wildman–Crippen LogP) is 5.00. The first kappa shape index (κ1) is 16.6. The predicted molar refractivity (Wildman–Crippen MR) is 94.8 cm³/mol. The molecule has 3 rings (SSSR count). The first-order valence-electron chi connectivity index (χ1n) is 7.88. The molecule has 3 aromatic rings. The fraction of sp³-hybridized carbons (Fsp3) is 0.0952. The standard InChI is InChI=1S/C21H18O4/c1-23-18-14-12-17(13-15-18)20(16-8-4-2-5-9-16)25-21(22)24-19-10-6-3-7-11-19/h2-15,20H,1H3/t20-/m0/s1. The summed E-state index contributed by atoms with van der Waals surface area (Å²) in [6.07, 6.45) is -1.32. The van der Waals surface area contributed by atoms with E-state index in [9.17, 15) is 4.79 Å². The minimum Gasteiger partial charge on any atom is -0.497 e. The molecule has 0 saturated carbocycles. The maximum absolute atomic E-state index is 12.2. The summed E-state index contributed by atoms with van der Waals surface area (Å²) >= 11 is 0. The van der Waals surface area contributed by atoms with Crippen LogP contribution < -0.4 is 9.47 Å². The molecule has 0 N–H and O–H groups in total. The van der Waals surface area contributed by atoms with Gasteiger partial charge in [0.25, 0.3) is 0 Å². The minimum atomic E-state index is -0.754. The van der Waals surface area contributed by atoms with Crippen LogP contribution in [-0.4, -0.2) is 13.3 Å². The molecule has 4 heteroatoms. The Morgan fingerprint density at radius 2 is 1.28 bits per heavy atom. The van der Waals surface area contributed by atoms with Gasteiger partial charge in [-0.15, -0.1) is 0 Å². The second-order valence-electron chi connectivity index (χ2n) is 5.35. The van der Waals surface area contributed by atoms with Gasteiger partial charge in [-0.05, 0) is 35.4 Å². The maximum atomic E-state index is 12.2. The molecule has 4 nitrogen and oxygen atoms in total. The summed E-state index contributed by atoms with van der Waals surface area (Å²) in [6.45, 7) is 0. The van der Waals surface area contributed by atoms with Gasteiger partial charge >= 0.3 is 6.16 Å². The van der Waals surface area contributed by atoms with Crippen molar-refractivity contribution in [2.45, 2.75) is 6.10 Å². The van der Waals surface area contributed by atoms with Crippen LogP contribution in [0.5, 0.6) is 11.5 Å². The number of methoxy groups -OCH3 is 1. The van der Waals surface area contributed by atoms with Crippen molar-refractivity contribution in [2.24, 2.45) is 0 Å². The van der Waals surface area contributed by atoms with Crippen molar-refractivity contribution >= 4 is 6.16 Å². The lowest BCUT2D eigenvalue weighted by Crippen LogP contribution is -2.16. The number of para-hydroxylation sites is 1. The third kappa shape index (κ3) is 4.38. The maximum Gasteiger partial charge on any atom is 0.514 e.